The van der Waals surface area contributed by atoms with E-state index in [0.29, 0.717) is 79.2 Å². The predicted molar refractivity (Wildman–Crippen MR) is 231 cm³/mol. The Kier molecular flexibility index (Phi) is 9.80. The highest BCUT2D eigenvalue weighted by atomic mass is 31.2. The fourth-order valence-electron chi connectivity index (χ4n) is 8.60. The Bertz CT molecular complexity index is 2280. The molecule has 286 valence electrons. The molecule has 56 heavy (non-hydrogen) atoms. The summed E-state index contributed by atoms with van der Waals surface area (Å²) < 4.78 is 59.7. The third-order valence-corrected chi connectivity index (χ3v) is 16.6. The molecule has 0 aliphatic carbocycles. The number of hydrogen-bond acceptors (Lipinski definition) is 6. The van der Waals surface area contributed by atoms with Gasteiger partial charge in [-0.25, -0.2) is 0 Å². The van der Waals surface area contributed by atoms with E-state index < -0.39 is 14.3 Å². The van der Waals surface area contributed by atoms with Crippen LogP contribution >= 0.6 is 14.3 Å². The molecule has 0 aromatic heterocycles. The maximum Gasteiger partial charge on any atom is 0.171 e. The first-order valence-corrected chi connectivity index (χ1v) is 22.6. The minimum absolute atomic E-state index is 0.286. The predicted octanol–water partition coefficient (Wildman–Crippen LogP) is 8.64. The van der Waals surface area contributed by atoms with E-state index in [0.717, 1.165) is 44.5 Å². The third kappa shape index (κ3) is 6.57. The normalized spacial score (nSPS) is 13.8. The summed E-state index contributed by atoms with van der Waals surface area (Å²) in [5.74, 6) is 1.93. The van der Waals surface area contributed by atoms with Crippen molar-refractivity contribution in [3.8, 4) is 34.1 Å². The lowest BCUT2D eigenvalue weighted by atomic mass is 10.0. The van der Waals surface area contributed by atoms with Gasteiger partial charge in [0.05, 0.1) is 0 Å². The molecule has 2 aliphatic rings. The summed E-state index contributed by atoms with van der Waals surface area (Å²) in [6.45, 7) is 17.6. The van der Waals surface area contributed by atoms with Crippen LogP contribution in [0, 0.1) is 55.4 Å². The molecule has 0 atom stereocenters. The van der Waals surface area contributed by atoms with E-state index in [1.807, 2.05) is 128 Å². The molecule has 0 bridgehead atoms. The first-order valence-electron chi connectivity index (χ1n) is 19.2. The first-order chi connectivity index (χ1) is 26.7. The van der Waals surface area contributed by atoms with Crippen molar-refractivity contribution in [1.29, 1.82) is 0 Å². The minimum atomic E-state index is -3.74. The van der Waals surface area contributed by atoms with E-state index in [2.05, 4.69) is 24.3 Å². The van der Waals surface area contributed by atoms with Gasteiger partial charge >= 0.3 is 0 Å². The van der Waals surface area contributed by atoms with E-state index >= 15 is 9.13 Å². The van der Waals surface area contributed by atoms with E-state index in [9.17, 15) is 0 Å². The summed E-state index contributed by atoms with van der Waals surface area (Å²) in [5.41, 5.74) is 9.13. The van der Waals surface area contributed by atoms with Crippen molar-refractivity contribution in [3.63, 3.8) is 0 Å². The maximum atomic E-state index is 16.9. The Morgan fingerprint density at radius 1 is 0.357 bits per heavy atom. The summed E-state index contributed by atoms with van der Waals surface area (Å²) in [6.07, 6.45) is 0. The van der Waals surface area contributed by atoms with Crippen LogP contribution in [-0.2, 0) is 9.13 Å². The van der Waals surface area contributed by atoms with E-state index in [4.69, 9.17) is 18.9 Å². The molecule has 0 unspecified atom stereocenters. The molecule has 6 nitrogen and oxygen atoms in total. The Balaban J connectivity index is 1.58. The van der Waals surface area contributed by atoms with E-state index in [-0.39, 0.29) is 13.2 Å². The van der Waals surface area contributed by atoms with Gasteiger partial charge in [0.2, 0.25) is 0 Å². The first kappa shape index (κ1) is 37.9. The zero-order chi connectivity index (χ0) is 39.5. The number of rotatable bonds is 7. The Labute approximate surface area is 330 Å². The molecule has 0 radical (unpaired) electrons. The lowest BCUT2D eigenvalue weighted by Gasteiger charge is -2.32. The van der Waals surface area contributed by atoms with Gasteiger partial charge in [-0.15, -0.1) is 0 Å². The largest absolute Gasteiger partial charge is 0.486 e. The van der Waals surface area contributed by atoms with Gasteiger partial charge in [-0.3, -0.25) is 0 Å². The average molecular weight is 783 g/mol. The van der Waals surface area contributed by atoms with Crippen molar-refractivity contribution in [1.82, 2.24) is 0 Å². The highest BCUT2D eigenvalue weighted by Crippen LogP contribution is 2.57. The number of benzene rings is 6. The molecule has 0 saturated carbocycles. The van der Waals surface area contributed by atoms with Gasteiger partial charge < -0.3 is 28.1 Å². The topological polar surface area (TPSA) is 71.1 Å². The second kappa shape index (κ2) is 14.5. The Hall–Kier alpha value is -5.02. The van der Waals surface area contributed by atoms with Crippen molar-refractivity contribution < 1.29 is 28.1 Å². The van der Waals surface area contributed by atoms with Crippen LogP contribution in [0.2, 0.25) is 0 Å². The van der Waals surface area contributed by atoms with Crippen LogP contribution in [0.4, 0.5) is 0 Å². The van der Waals surface area contributed by atoms with Gasteiger partial charge in [-0.05, 0) is 128 Å². The summed E-state index contributed by atoms with van der Waals surface area (Å²) in [4.78, 5) is 0. The highest BCUT2D eigenvalue weighted by molar-refractivity contribution is 7.86. The zero-order valence-electron chi connectivity index (χ0n) is 33.4. The molecule has 8 rings (SSSR count). The van der Waals surface area contributed by atoms with Crippen molar-refractivity contribution in [2.75, 3.05) is 26.4 Å². The second-order valence-electron chi connectivity index (χ2n) is 15.6. The molecule has 0 saturated heterocycles. The molecular formula is C48H48O6P2. The average Bonchev–Trinajstić information content (AvgIpc) is 3.15. The molecule has 0 fully saturated rings. The SMILES string of the molecule is Cc1cc(C)cc(P(=O)(c2cc(C)cc(C)c2)c2ccc3c(c2-c2c(P(=O)(c4cc(C)cc(C)c4)c4cc(C)cc(C)c4)ccc4c2OCCO4)OCCO3)c1. The molecule has 0 spiro atoms. The van der Waals surface area contributed by atoms with E-state index in [1.54, 1.807) is 0 Å². The molecule has 8 heteroatoms. The Morgan fingerprint density at radius 2 is 0.607 bits per heavy atom. The molecular weight excluding hydrogens is 734 g/mol. The molecule has 2 aliphatic heterocycles. The smallest absolute Gasteiger partial charge is 0.171 e. The van der Waals surface area contributed by atoms with Crippen LogP contribution in [-0.4, -0.2) is 26.4 Å². The van der Waals surface area contributed by atoms with Crippen molar-refractivity contribution in [3.05, 3.63) is 142 Å². The van der Waals surface area contributed by atoms with Gasteiger partial charge in [0.1, 0.15) is 26.4 Å². The molecule has 6 aromatic rings. The zero-order valence-corrected chi connectivity index (χ0v) is 35.2. The fraction of sp³-hybridized carbons (Fsp3) is 0.250. The van der Waals surface area contributed by atoms with Crippen LogP contribution in [0.3, 0.4) is 0 Å². The maximum absolute atomic E-state index is 16.9. The van der Waals surface area contributed by atoms with Crippen molar-refractivity contribution in [2.24, 2.45) is 0 Å². The highest BCUT2D eigenvalue weighted by Gasteiger charge is 2.42. The summed E-state index contributed by atoms with van der Waals surface area (Å²) in [6, 6.07) is 32.2. The van der Waals surface area contributed by atoms with Crippen LogP contribution in [0.25, 0.3) is 11.1 Å². The molecule has 2 heterocycles. The van der Waals surface area contributed by atoms with Gasteiger partial charge in [0, 0.05) is 43.0 Å². The van der Waals surface area contributed by atoms with Gasteiger partial charge in [0.25, 0.3) is 0 Å². The van der Waals surface area contributed by atoms with Gasteiger partial charge in [-0.1, -0.05) is 68.8 Å². The van der Waals surface area contributed by atoms with Gasteiger partial charge in [-0.2, -0.15) is 0 Å². The quantitative estimate of drug-likeness (QED) is 0.151. The molecule has 6 aromatic carbocycles. The van der Waals surface area contributed by atoms with Crippen LogP contribution < -0.4 is 50.8 Å². The summed E-state index contributed by atoms with van der Waals surface area (Å²) in [5, 5.41) is 3.91. The van der Waals surface area contributed by atoms with Crippen LogP contribution in [0.15, 0.2) is 97.1 Å². The fourth-order valence-corrected chi connectivity index (χ4v) is 15.0. The summed E-state index contributed by atoms with van der Waals surface area (Å²) >= 11 is 0. The standard InChI is InChI=1S/C48H48O6P2/c1-29-17-30(2)22-37(21-29)55(49,38-23-31(3)18-32(4)24-38)43-11-9-41-47(53-15-13-51-41)45(43)46-44(12-10-42-48(46)54-16-14-52-42)56(50,39-25-33(5)19-34(6)26-39)40-27-35(7)20-36(8)28-40/h9-12,17-28H,13-16H2,1-8H3. The third-order valence-electron chi connectivity index (χ3n) is 10.6. The molecule has 0 amide bonds. The number of hydrogen-bond donors (Lipinski definition) is 0. The lowest BCUT2D eigenvalue weighted by Crippen LogP contribution is -2.32. The Morgan fingerprint density at radius 3 is 0.875 bits per heavy atom. The minimum Gasteiger partial charge on any atom is -0.486 e. The molecule has 0 N–H and O–H groups in total. The van der Waals surface area contributed by atoms with Crippen molar-refractivity contribution in [2.45, 2.75) is 55.4 Å². The van der Waals surface area contributed by atoms with Crippen LogP contribution in [0.5, 0.6) is 23.0 Å². The van der Waals surface area contributed by atoms with Crippen molar-refractivity contribution >= 4 is 46.1 Å². The second-order valence-corrected chi connectivity index (χ2v) is 21.0. The van der Waals surface area contributed by atoms with Crippen LogP contribution in [0.1, 0.15) is 44.5 Å². The number of aryl methyl sites for hydroxylation is 8. The van der Waals surface area contributed by atoms with Gasteiger partial charge in [0.15, 0.2) is 37.3 Å². The number of ether oxygens (including phenoxy) is 4. The monoisotopic (exact) mass is 782 g/mol. The number of fused-ring (bicyclic) bond motifs is 2. The summed E-state index contributed by atoms with van der Waals surface area (Å²) in [7, 11) is -7.48. The lowest BCUT2D eigenvalue weighted by molar-refractivity contribution is 0.170. The van der Waals surface area contributed by atoms with E-state index in [1.165, 1.54) is 0 Å².